The zero-order valence-corrected chi connectivity index (χ0v) is 12.1. The lowest BCUT2D eigenvalue weighted by molar-refractivity contribution is -0.137. The van der Waals surface area contributed by atoms with Gasteiger partial charge in [0.2, 0.25) is 5.91 Å². The molecular weight excluding hydrogens is 244 g/mol. The molecule has 2 fully saturated rings. The van der Waals surface area contributed by atoms with Gasteiger partial charge in [0.05, 0.1) is 19.1 Å². The van der Waals surface area contributed by atoms with E-state index in [0.29, 0.717) is 19.1 Å². The van der Waals surface area contributed by atoms with Gasteiger partial charge in [0.15, 0.2) is 0 Å². The highest BCUT2D eigenvalue weighted by Gasteiger charge is 2.27. The summed E-state index contributed by atoms with van der Waals surface area (Å²) in [5.74, 6) is 0.216. The Balaban J connectivity index is 1.68. The number of ether oxygens (including phenoxy) is 2. The molecule has 0 aromatic heterocycles. The Kier molecular flexibility index (Phi) is 5.60. The van der Waals surface area contributed by atoms with Gasteiger partial charge in [-0.2, -0.15) is 0 Å². The zero-order chi connectivity index (χ0) is 13.7. The summed E-state index contributed by atoms with van der Waals surface area (Å²) in [6.07, 6.45) is 2.68. The Labute approximate surface area is 115 Å². The molecule has 5 heteroatoms. The van der Waals surface area contributed by atoms with E-state index in [0.717, 1.165) is 39.1 Å². The zero-order valence-electron chi connectivity index (χ0n) is 12.1. The lowest BCUT2D eigenvalue weighted by Crippen LogP contribution is -2.57. The van der Waals surface area contributed by atoms with Gasteiger partial charge in [-0.25, -0.2) is 0 Å². The molecular formula is C14H26N2O3. The summed E-state index contributed by atoms with van der Waals surface area (Å²) in [7, 11) is 0. The highest BCUT2D eigenvalue weighted by molar-refractivity contribution is 5.76. The van der Waals surface area contributed by atoms with E-state index in [1.54, 1.807) is 0 Å². The van der Waals surface area contributed by atoms with Gasteiger partial charge in [0, 0.05) is 38.4 Å². The molecule has 0 saturated carbocycles. The van der Waals surface area contributed by atoms with Gasteiger partial charge in [-0.3, -0.25) is 4.79 Å². The number of nitrogens with one attached hydrogen (secondary N) is 1. The standard InChI is InChI=1S/C14H26N2O3/c1-11-12(2)16(7-6-15-11)14(17)5-10-19-13-3-8-18-9-4-13/h11-13,15H,3-10H2,1-2H3. The third kappa shape index (κ3) is 4.16. The molecule has 5 nitrogen and oxygen atoms in total. The molecule has 0 aromatic rings. The van der Waals surface area contributed by atoms with Gasteiger partial charge >= 0.3 is 0 Å². The van der Waals surface area contributed by atoms with Crippen LogP contribution in [0.25, 0.3) is 0 Å². The van der Waals surface area contributed by atoms with Crippen LogP contribution >= 0.6 is 0 Å². The fourth-order valence-electron chi connectivity index (χ4n) is 2.71. The number of carbonyl (C=O) groups excluding carboxylic acids is 1. The maximum absolute atomic E-state index is 12.2. The first-order valence-corrected chi connectivity index (χ1v) is 7.40. The first-order chi connectivity index (χ1) is 9.18. The predicted octanol–water partition coefficient (Wildman–Crippen LogP) is 0.781. The summed E-state index contributed by atoms with van der Waals surface area (Å²) in [6.45, 7) is 8.03. The fraction of sp³-hybridized carbons (Fsp3) is 0.929. The smallest absolute Gasteiger partial charge is 0.225 e. The predicted molar refractivity (Wildman–Crippen MR) is 73.0 cm³/mol. The second-order valence-electron chi connectivity index (χ2n) is 5.50. The molecule has 110 valence electrons. The molecule has 2 unspecified atom stereocenters. The van der Waals surface area contributed by atoms with Crippen LogP contribution in [0.15, 0.2) is 0 Å². The van der Waals surface area contributed by atoms with Crippen molar-refractivity contribution >= 4 is 5.91 Å². The second-order valence-corrected chi connectivity index (χ2v) is 5.50. The molecule has 0 radical (unpaired) electrons. The van der Waals surface area contributed by atoms with Crippen LogP contribution in [0.4, 0.5) is 0 Å². The van der Waals surface area contributed by atoms with E-state index >= 15 is 0 Å². The molecule has 19 heavy (non-hydrogen) atoms. The van der Waals surface area contributed by atoms with Gasteiger partial charge in [-0.05, 0) is 26.7 Å². The Morgan fingerprint density at radius 2 is 2.11 bits per heavy atom. The normalized spacial score (nSPS) is 29.5. The van der Waals surface area contributed by atoms with Crippen molar-refractivity contribution in [1.82, 2.24) is 10.2 Å². The minimum atomic E-state index is 0.216. The highest BCUT2D eigenvalue weighted by atomic mass is 16.5. The Hall–Kier alpha value is -0.650. The number of hydrogen-bond acceptors (Lipinski definition) is 4. The van der Waals surface area contributed by atoms with Crippen molar-refractivity contribution in [2.45, 2.75) is 51.3 Å². The Morgan fingerprint density at radius 1 is 1.37 bits per heavy atom. The maximum Gasteiger partial charge on any atom is 0.225 e. The van der Waals surface area contributed by atoms with E-state index in [-0.39, 0.29) is 18.1 Å². The van der Waals surface area contributed by atoms with Crippen LogP contribution in [-0.2, 0) is 14.3 Å². The lowest BCUT2D eigenvalue weighted by atomic mass is 10.1. The van der Waals surface area contributed by atoms with Gasteiger partial charge in [0.1, 0.15) is 0 Å². The number of rotatable bonds is 4. The number of carbonyl (C=O) groups is 1. The molecule has 1 amide bonds. The van der Waals surface area contributed by atoms with E-state index in [4.69, 9.17) is 9.47 Å². The Morgan fingerprint density at radius 3 is 2.84 bits per heavy atom. The van der Waals surface area contributed by atoms with Crippen molar-refractivity contribution in [2.75, 3.05) is 32.9 Å². The quantitative estimate of drug-likeness (QED) is 0.820. The minimum Gasteiger partial charge on any atom is -0.381 e. The van der Waals surface area contributed by atoms with Crippen molar-refractivity contribution in [3.05, 3.63) is 0 Å². The largest absolute Gasteiger partial charge is 0.381 e. The molecule has 2 aliphatic heterocycles. The van der Waals surface area contributed by atoms with E-state index in [1.165, 1.54) is 0 Å². The minimum absolute atomic E-state index is 0.216. The van der Waals surface area contributed by atoms with Crippen LogP contribution in [0.1, 0.15) is 33.1 Å². The third-order valence-electron chi connectivity index (χ3n) is 4.19. The third-order valence-corrected chi connectivity index (χ3v) is 4.19. The number of nitrogens with zero attached hydrogens (tertiary/aromatic N) is 1. The molecule has 2 saturated heterocycles. The van der Waals surface area contributed by atoms with Crippen LogP contribution in [0.3, 0.4) is 0 Å². The molecule has 0 bridgehead atoms. The molecule has 2 rings (SSSR count). The number of piperazine rings is 1. The van der Waals surface area contributed by atoms with Gasteiger partial charge in [-0.1, -0.05) is 0 Å². The first-order valence-electron chi connectivity index (χ1n) is 7.40. The van der Waals surface area contributed by atoms with Crippen molar-refractivity contribution in [3.63, 3.8) is 0 Å². The van der Waals surface area contributed by atoms with Gasteiger partial charge < -0.3 is 19.7 Å². The topological polar surface area (TPSA) is 50.8 Å². The van der Waals surface area contributed by atoms with Crippen LogP contribution in [-0.4, -0.2) is 61.9 Å². The number of amides is 1. The van der Waals surface area contributed by atoms with Crippen LogP contribution in [0.2, 0.25) is 0 Å². The van der Waals surface area contributed by atoms with Crippen LogP contribution < -0.4 is 5.32 Å². The van der Waals surface area contributed by atoms with E-state index in [2.05, 4.69) is 19.2 Å². The Bertz CT molecular complexity index is 292. The second kappa shape index (κ2) is 7.22. The van der Waals surface area contributed by atoms with Gasteiger partial charge in [-0.15, -0.1) is 0 Å². The maximum atomic E-state index is 12.2. The van der Waals surface area contributed by atoms with E-state index in [1.807, 2.05) is 4.90 Å². The van der Waals surface area contributed by atoms with Crippen LogP contribution in [0, 0.1) is 0 Å². The van der Waals surface area contributed by atoms with Crippen LogP contribution in [0.5, 0.6) is 0 Å². The van der Waals surface area contributed by atoms with Crippen molar-refractivity contribution in [1.29, 1.82) is 0 Å². The molecule has 0 aliphatic carbocycles. The average molecular weight is 270 g/mol. The van der Waals surface area contributed by atoms with E-state index in [9.17, 15) is 4.79 Å². The summed E-state index contributed by atoms with van der Waals surface area (Å²) < 4.78 is 11.0. The summed E-state index contributed by atoms with van der Waals surface area (Å²) in [5.41, 5.74) is 0. The summed E-state index contributed by atoms with van der Waals surface area (Å²) in [5, 5.41) is 3.39. The molecule has 2 aliphatic rings. The first kappa shape index (κ1) is 14.8. The number of hydrogen-bond donors (Lipinski definition) is 1. The van der Waals surface area contributed by atoms with Crippen molar-refractivity contribution < 1.29 is 14.3 Å². The van der Waals surface area contributed by atoms with Crippen molar-refractivity contribution in [3.8, 4) is 0 Å². The monoisotopic (exact) mass is 270 g/mol. The van der Waals surface area contributed by atoms with Crippen molar-refractivity contribution in [2.24, 2.45) is 0 Å². The molecule has 0 spiro atoms. The summed E-state index contributed by atoms with van der Waals surface area (Å²) in [6, 6.07) is 0.637. The average Bonchev–Trinajstić information content (AvgIpc) is 2.43. The van der Waals surface area contributed by atoms with Gasteiger partial charge in [0.25, 0.3) is 0 Å². The molecule has 0 aromatic carbocycles. The summed E-state index contributed by atoms with van der Waals surface area (Å²) >= 11 is 0. The molecule has 2 heterocycles. The highest BCUT2D eigenvalue weighted by Crippen LogP contribution is 2.13. The SMILES string of the molecule is CC1NCCN(C(=O)CCOC2CCOCC2)C1C. The van der Waals surface area contributed by atoms with E-state index < -0.39 is 0 Å². The molecule has 1 N–H and O–H groups in total. The summed E-state index contributed by atoms with van der Waals surface area (Å²) in [4.78, 5) is 14.2. The molecule has 2 atom stereocenters. The fourth-order valence-corrected chi connectivity index (χ4v) is 2.71. The lowest BCUT2D eigenvalue weighted by Gasteiger charge is -2.38.